The summed E-state index contributed by atoms with van der Waals surface area (Å²) in [6.45, 7) is -0.113. The molecule has 0 aliphatic carbocycles. The second kappa shape index (κ2) is 7.45. The Hall–Kier alpha value is -2.79. The summed E-state index contributed by atoms with van der Waals surface area (Å²) in [5, 5.41) is 3.41. The van der Waals surface area contributed by atoms with Gasteiger partial charge in [0.25, 0.3) is 0 Å². The highest BCUT2D eigenvalue weighted by atomic mass is 19.4. The number of carbonyl (C=O) groups is 1. The monoisotopic (exact) mass is 398 g/mol. The van der Waals surface area contributed by atoms with Crippen LogP contribution in [0, 0.1) is 0 Å². The Balaban J connectivity index is 2.15. The van der Waals surface area contributed by atoms with E-state index in [1.165, 1.54) is 4.90 Å². The molecule has 0 unspecified atom stereocenters. The lowest BCUT2D eigenvalue weighted by molar-refractivity contribution is -0.143. The largest absolute Gasteiger partial charge is 0.416 e. The third kappa shape index (κ3) is 5.34. The second-order valence-electron chi connectivity index (χ2n) is 5.59. The molecule has 1 aliphatic heterocycles. The highest BCUT2D eigenvalue weighted by Crippen LogP contribution is 2.36. The van der Waals surface area contributed by atoms with Gasteiger partial charge >= 0.3 is 12.4 Å². The van der Waals surface area contributed by atoms with Gasteiger partial charge in [-0.2, -0.15) is 31.4 Å². The minimum absolute atomic E-state index is 0.0337. The van der Waals surface area contributed by atoms with E-state index in [9.17, 15) is 35.5 Å². The van der Waals surface area contributed by atoms with Crippen molar-refractivity contribution >= 4 is 11.7 Å². The number of hydrogen-bond acceptors (Lipinski definition) is 3. The Bertz CT molecular complexity index is 732. The zero-order valence-corrected chi connectivity index (χ0v) is 13.4. The van der Waals surface area contributed by atoms with Crippen LogP contribution in [0.4, 0.5) is 30.7 Å². The van der Waals surface area contributed by atoms with E-state index in [-0.39, 0.29) is 19.2 Å². The van der Waals surface area contributed by atoms with Crippen molar-refractivity contribution in [1.29, 1.82) is 0 Å². The van der Waals surface area contributed by atoms with E-state index in [1.54, 1.807) is 0 Å². The summed E-state index contributed by atoms with van der Waals surface area (Å²) in [6, 6.07) is 0.812. The molecule has 0 atom stereocenters. The summed E-state index contributed by atoms with van der Waals surface area (Å²) in [5.41, 5.74) is 3.88. The SMILES string of the molecule is N/C(=N\N/C=C\C(=O)N1CC(F)C1)c1cc(C(F)(F)F)cc(C(F)(F)F)c1. The van der Waals surface area contributed by atoms with Crippen molar-refractivity contribution < 1.29 is 35.5 Å². The van der Waals surface area contributed by atoms with Gasteiger partial charge in [0.15, 0.2) is 5.84 Å². The van der Waals surface area contributed by atoms with Crippen LogP contribution in [-0.2, 0) is 17.1 Å². The van der Waals surface area contributed by atoms with Crippen LogP contribution in [0.2, 0.25) is 0 Å². The van der Waals surface area contributed by atoms with E-state index in [1.807, 2.05) is 0 Å². The van der Waals surface area contributed by atoms with Gasteiger partial charge in [-0.05, 0) is 18.2 Å². The Morgan fingerprint density at radius 3 is 2.07 bits per heavy atom. The molecule has 0 saturated carbocycles. The van der Waals surface area contributed by atoms with Gasteiger partial charge in [-0.1, -0.05) is 0 Å². The first-order valence-electron chi connectivity index (χ1n) is 7.36. The second-order valence-corrected chi connectivity index (χ2v) is 5.59. The van der Waals surface area contributed by atoms with Crippen molar-refractivity contribution in [1.82, 2.24) is 10.3 Å². The first-order chi connectivity index (χ1) is 12.4. The van der Waals surface area contributed by atoms with E-state index in [4.69, 9.17) is 5.73 Å². The fourth-order valence-electron chi connectivity index (χ4n) is 2.09. The highest BCUT2D eigenvalue weighted by Gasteiger charge is 2.37. The molecule has 1 fully saturated rings. The standard InChI is InChI=1S/C15H13F7N4O/c16-11-6-26(7-11)12(27)1-2-24-25-13(23)8-3-9(14(17,18)19)5-10(4-8)15(20,21)22/h1-5,11,24H,6-7H2,(H2,23,25)/b2-1-. The van der Waals surface area contributed by atoms with Gasteiger partial charge < -0.3 is 10.6 Å². The van der Waals surface area contributed by atoms with E-state index in [0.717, 1.165) is 12.3 Å². The van der Waals surface area contributed by atoms with Crippen LogP contribution in [0.15, 0.2) is 35.6 Å². The average molecular weight is 398 g/mol. The van der Waals surface area contributed by atoms with Crippen LogP contribution >= 0.6 is 0 Å². The fourth-order valence-corrected chi connectivity index (χ4v) is 2.09. The zero-order chi connectivity index (χ0) is 20.4. The van der Waals surface area contributed by atoms with Gasteiger partial charge in [0.05, 0.1) is 24.2 Å². The van der Waals surface area contributed by atoms with Crippen LogP contribution in [-0.4, -0.2) is 35.9 Å². The molecule has 1 aliphatic rings. The number of amidine groups is 1. The first-order valence-corrected chi connectivity index (χ1v) is 7.36. The number of alkyl halides is 7. The number of hydrazone groups is 1. The lowest BCUT2D eigenvalue weighted by Gasteiger charge is -2.33. The number of benzene rings is 1. The molecule has 1 saturated heterocycles. The normalized spacial score (nSPS) is 16.6. The first kappa shape index (κ1) is 20.5. The maximum Gasteiger partial charge on any atom is 0.416 e. The number of amides is 1. The lowest BCUT2D eigenvalue weighted by atomic mass is 10.0. The smallest absolute Gasteiger partial charge is 0.382 e. The molecule has 12 heteroatoms. The van der Waals surface area contributed by atoms with Crippen molar-refractivity contribution in [2.75, 3.05) is 13.1 Å². The molecule has 148 valence electrons. The number of hydrogen-bond donors (Lipinski definition) is 2. The Morgan fingerprint density at radius 2 is 1.63 bits per heavy atom. The minimum Gasteiger partial charge on any atom is -0.382 e. The molecule has 0 radical (unpaired) electrons. The van der Waals surface area contributed by atoms with Gasteiger partial charge in [-0.3, -0.25) is 10.2 Å². The van der Waals surface area contributed by atoms with Crippen molar-refractivity contribution in [3.05, 3.63) is 47.2 Å². The number of halogens is 7. The van der Waals surface area contributed by atoms with Crippen LogP contribution in [0.3, 0.4) is 0 Å². The number of carbonyl (C=O) groups excluding carboxylic acids is 1. The molecule has 2 rings (SSSR count). The maximum atomic E-state index is 12.8. The lowest BCUT2D eigenvalue weighted by Crippen LogP contribution is -2.50. The molecular formula is C15H13F7N4O. The molecule has 0 spiro atoms. The molecule has 27 heavy (non-hydrogen) atoms. The van der Waals surface area contributed by atoms with Crippen LogP contribution in [0.5, 0.6) is 0 Å². The number of nitrogens with zero attached hydrogens (tertiary/aromatic N) is 2. The molecular weight excluding hydrogens is 385 g/mol. The third-order valence-corrected chi connectivity index (χ3v) is 3.52. The summed E-state index contributed by atoms with van der Waals surface area (Å²) in [6.07, 6.45) is -9.18. The summed E-state index contributed by atoms with van der Waals surface area (Å²) in [4.78, 5) is 12.7. The predicted octanol–water partition coefficient (Wildman–Crippen LogP) is 2.63. The highest BCUT2D eigenvalue weighted by molar-refractivity contribution is 5.97. The quantitative estimate of drug-likeness (QED) is 0.269. The molecule has 1 aromatic carbocycles. The molecule has 0 bridgehead atoms. The molecule has 1 amide bonds. The molecule has 1 aromatic rings. The maximum absolute atomic E-state index is 12.8. The van der Waals surface area contributed by atoms with Crippen LogP contribution < -0.4 is 11.2 Å². The number of nitrogens with one attached hydrogen (secondary N) is 1. The average Bonchev–Trinajstić information content (AvgIpc) is 2.53. The Morgan fingerprint density at radius 1 is 1.11 bits per heavy atom. The van der Waals surface area contributed by atoms with Gasteiger partial charge in [-0.25, -0.2) is 4.39 Å². The predicted molar refractivity (Wildman–Crippen MR) is 80.9 cm³/mol. The summed E-state index contributed by atoms with van der Waals surface area (Å²) in [7, 11) is 0. The van der Waals surface area contributed by atoms with Crippen molar-refractivity contribution in [3.63, 3.8) is 0 Å². The van der Waals surface area contributed by atoms with Gasteiger partial charge in [0.2, 0.25) is 5.91 Å². The van der Waals surface area contributed by atoms with Gasteiger partial charge in [0.1, 0.15) is 6.17 Å². The zero-order valence-electron chi connectivity index (χ0n) is 13.4. The molecule has 3 N–H and O–H groups in total. The van der Waals surface area contributed by atoms with E-state index >= 15 is 0 Å². The Labute approximate surface area is 148 Å². The summed E-state index contributed by atoms with van der Waals surface area (Å²) >= 11 is 0. The third-order valence-electron chi connectivity index (χ3n) is 3.52. The van der Waals surface area contributed by atoms with Crippen LogP contribution in [0.25, 0.3) is 0 Å². The number of nitrogens with two attached hydrogens (primary N) is 1. The summed E-state index contributed by atoms with van der Waals surface area (Å²) < 4.78 is 89.4. The fraction of sp³-hybridized carbons (Fsp3) is 0.333. The van der Waals surface area contributed by atoms with Gasteiger partial charge in [0, 0.05) is 17.8 Å². The molecule has 5 nitrogen and oxygen atoms in total. The van der Waals surface area contributed by atoms with Crippen molar-refractivity contribution in [2.45, 2.75) is 18.5 Å². The van der Waals surface area contributed by atoms with Crippen LogP contribution in [0.1, 0.15) is 16.7 Å². The summed E-state index contributed by atoms with van der Waals surface area (Å²) in [5.74, 6) is -1.19. The number of likely N-dealkylation sites (tertiary alicyclic amines) is 1. The van der Waals surface area contributed by atoms with E-state index in [0.29, 0.717) is 12.1 Å². The molecule has 0 aromatic heterocycles. The van der Waals surface area contributed by atoms with Crippen molar-refractivity contribution in [3.8, 4) is 0 Å². The minimum atomic E-state index is -5.01. The Kier molecular flexibility index (Phi) is 5.66. The number of rotatable bonds is 4. The molecule has 1 heterocycles. The van der Waals surface area contributed by atoms with Gasteiger partial charge in [-0.15, -0.1) is 0 Å². The van der Waals surface area contributed by atoms with E-state index in [2.05, 4.69) is 10.5 Å². The van der Waals surface area contributed by atoms with Crippen molar-refractivity contribution in [2.24, 2.45) is 10.8 Å². The topological polar surface area (TPSA) is 70.7 Å². The van der Waals surface area contributed by atoms with E-state index < -0.39 is 47.0 Å².